The molecule has 4 nitrogen and oxygen atoms in total. The SMILES string of the molecule is COc1ccc(CN2c3ccccc3NC3=C(C(=O)CCC3)C2c2ccc(Cl)cc2)cc1. The molecular formula is C27H25ClN2O2. The molecule has 3 aromatic carbocycles. The number of ether oxygens (including phenoxy) is 1. The van der Waals surface area contributed by atoms with Crippen molar-refractivity contribution in [3.8, 4) is 5.75 Å². The highest BCUT2D eigenvalue weighted by Gasteiger charge is 2.36. The number of carbonyl (C=O) groups excluding carboxylic acids is 1. The van der Waals surface area contributed by atoms with E-state index in [1.807, 2.05) is 48.5 Å². The van der Waals surface area contributed by atoms with Gasteiger partial charge in [-0.2, -0.15) is 0 Å². The third-order valence-corrected chi connectivity index (χ3v) is 6.49. The molecule has 3 aromatic rings. The Morgan fingerprint density at radius 1 is 1.00 bits per heavy atom. The number of para-hydroxylation sites is 2. The Hall–Kier alpha value is -3.24. The van der Waals surface area contributed by atoms with Gasteiger partial charge in [0.15, 0.2) is 5.78 Å². The molecule has 162 valence electrons. The van der Waals surface area contributed by atoms with Crippen molar-refractivity contribution < 1.29 is 9.53 Å². The number of nitrogens with zero attached hydrogens (tertiary/aromatic N) is 1. The lowest BCUT2D eigenvalue weighted by Gasteiger charge is -2.35. The Morgan fingerprint density at radius 2 is 1.75 bits per heavy atom. The minimum atomic E-state index is -0.201. The van der Waals surface area contributed by atoms with Gasteiger partial charge in [-0.15, -0.1) is 0 Å². The summed E-state index contributed by atoms with van der Waals surface area (Å²) in [6.45, 7) is 0.653. The van der Waals surface area contributed by atoms with Crippen LogP contribution in [0, 0.1) is 0 Å². The Morgan fingerprint density at radius 3 is 2.50 bits per heavy atom. The quantitative estimate of drug-likeness (QED) is 0.496. The number of Topliss-reactive ketones (excluding diaryl/α,β-unsaturated/α-hetero) is 1. The zero-order valence-electron chi connectivity index (χ0n) is 18.0. The molecule has 0 aromatic heterocycles. The highest BCUT2D eigenvalue weighted by Crippen LogP contribution is 2.45. The maximum atomic E-state index is 13.3. The molecule has 0 radical (unpaired) electrons. The smallest absolute Gasteiger partial charge is 0.163 e. The van der Waals surface area contributed by atoms with Crippen LogP contribution >= 0.6 is 11.6 Å². The zero-order valence-corrected chi connectivity index (χ0v) is 18.7. The van der Waals surface area contributed by atoms with Gasteiger partial charge >= 0.3 is 0 Å². The number of anilines is 2. The lowest BCUT2D eigenvalue weighted by molar-refractivity contribution is -0.116. The second-order valence-electron chi connectivity index (χ2n) is 8.24. The number of methoxy groups -OCH3 is 1. The van der Waals surface area contributed by atoms with E-state index in [1.54, 1.807) is 7.11 Å². The number of hydrogen-bond acceptors (Lipinski definition) is 4. The summed E-state index contributed by atoms with van der Waals surface area (Å²) in [6, 6.07) is 24.1. The third kappa shape index (κ3) is 3.87. The summed E-state index contributed by atoms with van der Waals surface area (Å²) in [6.07, 6.45) is 2.33. The van der Waals surface area contributed by atoms with Gasteiger partial charge in [0.05, 0.1) is 24.5 Å². The minimum Gasteiger partial charge on any atom is -0.497 e. The normalized spacial score (nSPS) is 17.9. The largest absolute Gasteiger partial charge is 0.497 e. The Labute approximate surface area is 193 Å². The number of hydrogen-bond donors (Lipinski definition) is 1. The Bertz CT molecular complexity index is 1170. The van der Waals surface area contributed by atoms with Crippen molar-refractivity contribution in [2.24, 2.45) is 0 Å². The van der Waals surface area contributed by atoms with Crippen LogP contribution in [-0.2, 0) is 11.3 Å². The molecule has 1 unspecified atom stereocenters. The maximum Gasteiger partial charge on any atom is 0.163 e. The summed E-state index contributed by atoms with van der Waals surface area (Å²) in [5, 5.41) is 4.29. The fourth-order valence-electron chi connectivity index (χ4n) is 4.69. The molecule has 0 amide bonds. The van der Waals surface area contributed by atoms with Crippen molar-refractivity contribution in [2.45, 2.75) is 31.8 Å². The number of ketones is 1. The van der Waals surface area contributed by atoms with Crippen LogP contribution in [-0.4, -0.2) is 12.9 Å². The second-order valence-corrected chi connectivity index (χ2v) is 8.68. The lowest BCUT2D eigenvalue weighted by atomic mass is 9.85. The molecule has 0 bridgehead atoms. The molecule has 0 spiro atoms. The van der Waals surface area contributed by atoms with Crippen LogP contribution in [0.25, 0.3) is 0 Å². The van der Waals surface area contributed by atoms with Crippen molar-refractivity contribution in [3.63, 3.8) is 0 Å². The highest BCUT2D eigenvalue weighted by molar-refractivity contribution is 6.30. The van der Waals surface area contributed by atoms with E-state index >= 15 is 0 Å². The summed E-state index contributed by atoms with van der Waals surface area (Å²) in [7, 11) is 1.67. The predicted octanol–water partition coefficient (Wildman–Crippen LogP) is 6.53. The molecular weight excluding hydrogens is 420 g/mol. The molecule has 5 rings (SSSR count). The van der Waals surface area contributed by atoms with E-state index in [4.69, 9.17) is 16.3 Å². The van der Waals surface area contributed by atoms with Gasteiger partial charge < -0.3 is 15.0 Å². The van der Waals surface area contributed by atoms with Crippen LogP contribution in [0.4, 0.5) is 11.4 Å². The number of nitrogens with one attached hydrogen (secondary N) is 1. The average molecular weight is 445 g/mol. The second kappa shape index (κ2) is 8.71. The number of rotatable bonds is 4. The van der Waals surface area contributed by atoms with E-state index in [-0.39, 0.29) is 11.8 Å². The van der Waals surface area contributed by atoms with E-state index < -0.39 is 0 Å². The monoisotopic (exact) mass is 444 g/mol. The van der Waals surface area contributed by atoms with Gasteiger partial charge in [0.25, 0.3) is 0 Å². The van der Waals surface area contributed by atoms with Gasteiger partial charge in [-0.1, -0.05) is 48.0 Å². The summed E-state index contributed by atoms with van der Waals surface area (Å²) in [4.78, 5) is 15.6. The first-order chi connectivity index (χ1) is 15.6. The van der Waals surface area contributed by atoms with Gasteiger partial charge in [-0.05, 0) is 60.4 Å². The molecule has 2 aliphatic rings. The molecule has 1 atom stereocenters. The van der Waals surface area contributed by atoms with Crippen molar-refractivity contribution in [3.05, 3.63) is 100 Å². The van der Waals surface area contributed by atoms with Crippen LogP contribution in [0.5, 0.6) is 5.75 Å². The van der Waals surface area contributed by atoms with Crippen LogP contribution in [0.3, 0.4) is 0 Å². The van der Waals surface area contributed by atoms with E-state index in [1.165, 1.54) is 0 Å². The Kier molecular flexibility index (Phi) is 5.62. The van der Waals surface area contributed by atoms with Gasteiger partial charge in [0, 0.05) is 29.3 Å². The molecule has 0 saturated carbocycles. The van der Waals surface area contributed by atoms with E-state index in [0.717, 1.165) is 52.4 Å². The van der Waals surface area contributed by atoms with Crippen LogP contribution < -0.4 is 15.0 Å². The summed E-state index contributed by atoms with van der Waals surface area (Å²) < 4.78 is 5.33. The number of halogens is 1. The molecule has 1 aliphatic carbocycles. The van der Waals surface area contributed by atoms with E-state index in [2.05, 4.69) is 34.5 Å². The van der Waals surface area contributed by atoms with Gasteiger partial charge in [0.1, 0.15) is 5.75 Å². The number of fused-ring (bicyclic) bond motifs is 1. The maximum absolute atomic E-state index is 13.3. The topological polar surface area (TPSA) is 41.6 Å². The van der Waals surface area contributed by atoms with Gasteiger partial charge in [-0.3, -0.25) is 4.79 Å². The summed E-state index contributed by atoms with van der Waals surface area (Å²) in [5.41, 5.74) is 6.20. The molecule has 0 saturated heterocycles. The summed E-state index contributed by atoms with van der Waals surface area (Å²) in [5.74, 6) is 1.04. The van der Waals surface area contributed by atoms with Crippen molar-refractivity contribution in [1.82, 2.24) is 0 Å². The third-order valence-electron chi connectivity index (χ3n) is 6.24. The van der Waals surface area contributed by atoms with E-state index in [0.29, 0.717) is 18.0 Å². The van der Waals surface area contributed by atoms with Crippen LogP contribution in [0.15, 0.2) is 84.1 Å². The zero-order chi connectivity index (χ0) is 22.1. The number of allylic oxidation sites excluding steroid dienone is 1. The standard InChI is InChI=1S/C27H25ClN2O2/c1-32-21-15-9-18(10-16-21)17-30-24-7-3-2-5-22(24)29-23-6-4-8-25(31)26(23)27(30)19-11-13-20(28)14-12-19/h2-3,5,7,9-16,27,29H,4,6,8,17H2,1H3. The van der Waals surface area contributed by atoms with E-state index in [9.17, 15) is 4.79 Å². The first-order valence-corrected chi connectivity index (χ1v) is 11.3. The molecule has 1 aliphatic heterocycles. The highest BCUT2D eigenvalue weighted by atomic mass is 35.5. The van der Waals surface area contributed by atoms with Crippen LogP contribution in [0.1, 0.15) is 36.4 Å². The van der Waals surface area contributed by atoms with Crippen LogP contribution in [0.2, 0.25) is 5.02 Å². The fraction of sp³-hybridized carbons (Fsp3) is 0.222. The van der Waals surface area contributed by atoms with Crippen molar-refractivity contribution >= 4 is 28.8 Å². The number of carbonyl (C=O) groups is 1. The molecule has 1 N–H and O–H groups in total. The first-order valence-electron chi connectivity index (χ1n) is 10.9. The first kappa shape index (κ1) is 20.7. The van der Waals surface area contributed by atoms with Crippen molar-refractivity contribution in [1.29, 1.82) is 0 Å². The molecule has 0 fully saturated rings. The lowest BCUT2D eigenvalue weighted by Crippen LogP contribution is -2.33. The van der Waals surface area contributed by atoms with Crippen molar-refractivity contribution in [2.75, 3.05) is 17.3 Å². The molecule has 5 heteroatoms. The molecule has 32 heavy (non-hydrogen) atoms. The number of benzene rings is 3. The van der Waals surface area contributed by atoms with Gasteiger partial charge in [-0.25, -0.2) is 0 Å². The molecule has 1 heterocycles. The average Bonchev–Trinajstić information content (AvgIpc) is 2.95. The summed E-state index contributed by atoms with van der Waals surface area (Å²) >= 11 is 6.21. The Balaban J connectivity index is 1.69. The van der Waals surface area contributed by atoms with Gasteiger partial charge in [0.2, 0.25) is 0 Å². The fourth-order valence-corrected chi connectivity index (χ4v) is 4.82. The predicted molar refractivity (Wildman–Crippen MR) is 129 cm³/mol. The minimum absolute atomic E-state index is 0.201.